The smallest absolute Gasteiger partial charge is 0.135 e. The van der Waals surface area contributed by atoms with Gasteiger partial charge in [0.05, 0.1) is 17.8 Å². The van der Waals surface area contributed by atoms with Crippen molar-refractivity contribution in [3.8, 4) is 0 Å². The molecule has 0 aromatic heterocycles. The average Bonchev–Trinajstić information content (AvgIpc) is 2.90. The van der Waals surface area contributed by atoms with Gasteiger partial charge in [-0.25, -0.2) is 0 Å². The van der Waals surface area contributed by atoms with E-state index in [2.05, 4.69) is 26.0 Å². The van der Waals surface area contributed by atoms with Crippen molar-refractivity contribution >= 4 is 5.78 Å². The predicted octanol–water partition coefficient (Wildman–Crippen LogP) is 5.04. The van der Waals surface area contributed by atoms with Crippen LogP contribution in [0.5, 0.6) is 0 Å². The summed E-state index contributed by atoms with van der Waals surface area (Å²) in [7, 11) is 0. The van der Waals surface area contributed by atoms with E-state index in [4.69, 9.17) is 0 Å². The topological polar surface area (TPSA) is 77.8 Å². The lowest BCUT2D eigenvalue weighted by atomic mass is 9.75. The summed E-state index contributed by atoms with van der Waals surface area (Å²) in [4.78, 5) is 11.7. The van der Waals surface area contributed by atoms with Gasteiger partial charge in [0.1, 0.15) is 5.78 Å². The van der Waals surface area contributed by atoms with Crippen LogP contribution in [0.3, 0.4) is 0 Å². The number of Topliss-reactive ketones (excluding diaryl/α,β-unsaturated/α-hetero) is 1. The van der Waals surface area contributed by atoms with Crippen LogP contribution in [0.4, 0.5) is 0 Å². The lowest BCUT2D eigenvalue weighted by Gasteiger charge is -2.34. The van der Waals surface area contributed by atoms with E-state index in [9.17, 15) is 20.1 Å². The third kappa shape index (κ3) is 9.31. The van der Waals surface area contributed by atoms with Crippen LogP contribution in [0.1, 0.15) is 98.8 Å². The molecular weight excluding hydrogens is 364 g/mol. The van der Waals surface area contributed by atoms with Gasteiger partial charge in [-0.3, -0.25) is 4.79 Å². The molecule has 29 heavy (non-hydrogen) atoms. The Balaban J connectivity index is 2.55. The number of ketones is 1. The number of carbonyl (C=O) groups is 1. The van der Waals surface area contributed by atoms with E-state index in [1.54, 1.807) is 0 Å². The molecule has 1 fully saturated rings. The second-order valence-electron chi connectivity index (χ2n) is 9.97. The number of hydrogen-bond acceptors (Lipinski definition) is 4. The first kappa shape index (κ1) is 26.3. The Hall–Kier alpha value is -0.710. The highest BCUT2D eigenvalue weighted by atomic mass is 16.3. The second-order valence-corrected chi connectivity index (χ2v) is 9.97. The fourth-order valence-electron chi connectivity index (χ4n) is 4.98. The van der Waals surface area contributed by atoms with Crippen LogP contribution in [0.25, 0.3) is 0 Å². The van der Waals surface area contributed by atoms with Crippen molar-refractivity contribution in [2.45, 2.75) is 117 Å². The van der Waals surface area contributed by atoms with Crippen molar-refractivity contribution in [1.29, 1.82) is 0 Å². The lowest BCUT2D eigenvalue weighted by molar-refractivity contribution is -0.121. The molecule has 0 amide bonds. The summed E-state index contributed by atoms with van der Waals surface area (Å²) in [6.45, 7) is 10.0. The van der Waals surface area contributed by atoms with Gasteiger partial charge in [-0.2, -0.15) is 0 Å². The number of unbranched alkanes of at least 4 members (excludes halogenated alkanes) is 3. The van der Waals surface area contributed by atoms with E-state index in [1.165, 1.54) is 0 Å². The molecule has 4 nitrogen and oxygen atoms in total. The molecule has 4 heteroatoms. The van der Waals surface area contributed by atoms with Gasteiger partial charge in [-0.1, -0.05) is 59.1 Å². The summed E-state index contributed by atoms with van der Waals surface area (Å²) in [5.41, 5.74) is -0.717. The van der Waals surface area contributed by atoms with Crippen LogP contribution < -0.4 is 0 Å². The van der Waals surface area contributed by atoms with Crippen molar-refractivity contribution in [3.63, 3.8) is 0 Å². The van der Waals surface area contributed by atoms with E-state index >= 15 is 0 Å². The zero-order valence-electron chi connectivity index (χ0n) is 19.4. The number of allylic oxidation sites excluding steroid dienone is 2. The molecule has 0 radical (unpaired) electrons. The highest BCUT2D eigenvalue weighted by molar-refractivity contribution is 5.80. The molecule has 0 heterocycles. The fraction of sp³-hybridized carbons (Fsp3) is 0.880. The zero-order chi connectivity index (χ0) is 22.0. The van der Waals surface area contributed by atoms with Crippen molar-refractivity contribution in [1.82, 2.24) is 0 Å². The zero-order valence-corrected chi connectivity index (χ0v) is 19.4. The number of rotatable bonds is 14. The maximum atomic E-state index is 11.7. The normalized spacial score (nSPS) is 28.2. The quantitative estimate of drug-likeness (QED) is 0.277. The number of hydrogen-bond donors (Lipinski definition) is 3. The maximum Gasteiger partial charge on any atom is 0.135 e. The standard InChI is InChI=1S/C25H46O4/c1-6-7-12-15-25(5,29)17-19(4)24-20(22(27)16-23(24)28)13-10-8-9-11-14-21(26)18(2)3/h8,10,18-20,22-24,27-29H,6-7,9,11-17H2,1-5H3/b10-8-/t19?,20-,22-,23+,24+,25-/m0/s1. The minimum Gasteiger partial charge on any atom is -0.393 e. The highest BCUT2D eigenvalue weighted by Gasteiger charge is 2.44. The maximum absolute atomic E-state index is 11.7. The molecule has 0 aliphatic heterocycles. The van der Waals surface area contributed by atoms with Crippen molar-refractivity contribution in [2.24, 2.45) is 23.7 Å². The average molecular weight is 411 g/mol. The van der Waals surface area contributed by atoms with E-state index in [1.807, 2.05) is 20.8 Å². The van der Waals surface area contributed by atoms with Crippen molar-refractivity contribution < 1.29 is 20.1 Å². The first-order chi connectivity index (χ1) is 13.6. The molecule has 0 aromatic rings. The Bertz CT molecular complexity index is 497. The Morgan fingerprint density at radius 2 is 1.79 bits per heavy atom. The fourth-order valence-corrected chi connectivity index (χ4v) is 4.98. The summed E-state index contributed by atoms with van der Waals surface area (Å²) in [6, 6.07) is 0. The van der Waals surface area contributed by atoms with Gasteiger partial charge in [0.15, 0.2) is 0 Å². The summed E-state index contributed by atoms with van der Waals surface area (Å²) in [5.74, 6) is 0.610. The summed E-state index contributed by atoms with van der Waals surface area (Å²) in [5, 5.41) is 31.8. The largest absolute Gasteiger partial charge is 0.393 e. The van der Waals surface area contributed by atoms with Gasteiger partial charge in [0.2, 0.25) is 0 Å². The third-order valence-electron chi connectivity index (χ3n) is 6.67. The molecular formula is C25H46O4. The Morgan fingerprint density at radius 3 is 2.41 bits per heavy atom. The Morgan fingerprint density at radius 1 is 1.10 bits per heavy atom. The monoisotopic (exact) mass is 410 g/mol. The van der Waals surface area contributed by atoms with E-state index in [0.29, 0.717) is 25.0 Å². The second kappa shape index (κ2) is 12.9. The van der Waals surface area contributed by atoms with Crippen molar-refractivity contribution in [2.75, 3.05) is 0 Å². The van der Waals surface area contributed by atoms with Crippen molar-refractivity contribution in [3.05, 3.63) is 12.2 Å². The van der Waals surface area contributed by atoms with Gasteiger partial charge in [0, 0.05) is 12.3 Å². The molecule has 170 valence electrons. The van der Waals surface area contributed by atoms with E-state index < -0.39 is 17.8 Å². The molecule has 1 saturated carbocycles. The molecule has 1 aliphatic rings. The Labute approximate surface area is 178 Å². The summed E-state index contributed by atoms with van der Waals surface area (Å²) in [6.07, 6.45) is 11.5. The van der Waals surface area contributed by atoms with Gasteiger partial charge < -0.3 is 15.3 Å². The minimum atomic E-state index is -0.717. The first-order valence-electron chi connectivity index (χ1n) is 11.8. The molecule has 1 unspecified atom stereocenters. The molecule has 1 rings (SSSR count). The molecule has 0 bridgehead atoms. The molecule has 0 spiro atoms. The number of aliphatic hydroxyl groups excluding tert-OH is 2. The van der Waals surface area contributed by atoms with Crippen LogP contribution in [0, 0.1) is 23.7 Å². The first-order valence-corrected chi connectivity index (χ1v) is 11.8. The third-order valence-corrected chi connectivity index (χ3v) is 6.67. The Kier molecular flexibility index (Phi) is 11.7. The van der Waals surface area contributed by atoms with Crippen LogP contribution in [-0.2, 0) is 4.79 Å². The SMILES string of the molecule is CCCCC[C@](C)(O)CC(C)[C@@H]1[C@@H](C/C=C\CCCC(=O)C(C)C)[C@@H](O)C[C@H]1O. The van der Waals surface area contributed by atoms with Gasteiger partial charge in [-0.15, -0.1) is 0 Å². The number of carbonyl (C=O) groups excluding carboxylic acids is 1. The van der Waals surface area contributed by atoms with Crippen LogP contribution in [0.2, 0.25) is 0 Å². The highest BCUT2D eigenvalue weighted by Crippen LogP contribution is 2.42. The van der Waals surface area contributed by atoms with Crippen LogP contribution in [0.15, 0.2) is 12.2 Å². The molecule has 3 N–H and O–H groups in total. The van der Waals surface area contributed by atoms with Crippen LogP contribution >= 0.6 is 0 Å². The predicted molar refractivity (Wildman–Crippen MR) is 120 cm³/mol. The van der Waals surface area contributed by atoms with Gasteiger partial charge in [-0.05, 0) is 63.2 Å². The van der Waals surface area contributed by atoms with E-state index in [-0.39, 0.29) is 23.7 Å². The number of aliphatic hydroxyl groups is 3. The van der Waals surface area contributed by atoms with Gasteiger partial charge in [0.25, 0.3) is 0 Å². The molecule has 0 saturated heterocycles. The van der Waals surface area contributed by atoms with E-state index in [0.717, 1.165) is 44.9 Å². The summed E-state index contributed by atoms with van der Waals surface area (Å²) < 4.78 is 0. The van der Waals surface area contributed by atoms with Gasteiger partial charge >= 0.3 is 0 Å². The van der Waals surface area contributed by atoms with Crippen LogP contribution in [-0.4, -0.2) is 38.9 Å². The molecule has 1 aliphatic carbocycles. The minimum absolute atomic E-state index is 0.00909. The lowest BCUT2D eigenvalue weighted by Crippen LogP contribution is -2.34. The molecule has 0 aromatic carbocycles. The molecule has 6 atom stereocenters. The summed E-state index contributed by atoms with van der Waals surface area (Å²) >= 11 is 0.